The van der Waals surface area contributed by atoms with E-state index in [2.05, 4.69) is 15.9 Å². The highest BCUT2D eigenvalue weighted by atomic mass is 79.9. The summed E-state index contributed by atoms with van der Waals surface area (Å²) in [5.41, 5.74) is 1.12. The fraction of sp³-hybridized carbons (Fsp3) is 0.417. The van der Waals surface area contributed by atoms with Gasteiger partial charge in [0, 0.05) is 16.0 Å². The van der Waals surface area contributed by atoms with Crippen LogP contribution in [0.4, 0.5) is 0 Å². The van der Waals surface area contributed by atoms with E-state index in [1.807, 2.05) is 18.2 Å². The van der Waals surface area contributed by atoms with Crippen LogP contribution in [0, 0.1) is 5.92 Å². The first kappa shape index (κ1) is 14.4. The molecule has 0 aromatic heterocycles. The number of carbonyl (C=O) groups is 1. The van der Waals surface area contributed by atoms with Gasteiger partial charge >= 0.3 is 5.97 Å². The number of aliphatic carboxylic acids is 1. The topological polar surface area (TPSA) is 46.5 Å². The monoisotopic (exact) mass is 318 g/mol. The van der Waals surface area contributed by atoms with Gasteiger partial charge in [-0.1, -0.05) is 22.9 Å². The molecule has 1 atom stereocenters. The lowest BCUT2D eigenvalue weighted by Crippen LogP contribution is -2.11. The molecule has 0 saturated heterocycles. The molecule has 5 heteroatoms. The molecule has 1 N–H and O–H groups in total. The van der Waals surface area contributed by atoms with E-state index < -0.39 is 5.97 Å². The van der Waals surface area contributed by atoms with Crippen LogP contribution >= 0.6 is 27.7 Å². The lowest BCUT2D eigenvalue weighted by Gasteiger charge is -2.08. The largest absolute Gasteiger partial charge is 0.497 e. The fourth-order valence-electron chi connectivity index (χ4n) is 1.21. The molecule has 1 aromatic carbocycles. The molecular formula is C12H15BrO3S. The Hall–Kier alpha value is -0.680. The summed E-state index contributed by atoms with van der Waals surface area (Å²) >= 11 is 5.08. The summed E-state index contributed by atoms with van der Waals surface area (Å²) in [6.45, 7) is 1.72. The average molecular weight is 319 g/mol. The summed E-state index contributed by atoms with van der Waals surface area (Å²) < 4.78 is 6.17. The van der Waals surface area contributed by atoms with Crippen molar-refractivity contribution in [3.8, 4) is 5.75 Å². The summed E-state index contributed by atoms with van der Waals surface area (Å²) in [5, 5.41) is 8.77. The quantitative estimate of drug-likeness (QED) is 0.873. The maximum absolute atomic E-state index is 10.7. The zero-order chi connectivity index (χ0) is 12.8. The molecule has 94 valence electrons. The maximum atomic E-state index is 10.7. The highest BCUT2D eigenvalue weighted by Crippen LogP contribution is 2.26. The molecular weight excluding hydrogens is 304 g/mol. The first-order chi connectivity index (χ1) is 8.04. The molecule has 0 radical (unpaired) electrons. The highest BCUT2D eigenvalue weighted by molar-refractivity contribution is 9.10. The van der Waals surface area contributed by atoms with E-state index in [1.165, 1.54) is 0 Å². The predicted molar refractivity (Wildman–Crippen MR) is 73.7 cm³/mol. The van der Waals surface area contributed by atoms with Gasteiger partial charge < -0.3 is 9.84 Å². The van der Waals surface area contributed by atoms with Crippen molar-refractivity contribution in [2.24, 2.45) is 5.92 Å². The molecule has 0 aliphatic rings. The van der Waals surface area contributed by atoms with Gasteiger partial charge in [-0.25, -0.2) is 0 Å². The lowest BCUT2D eigenvalue weighted by molar-refractivity contribution is -0.140. The first-order valence-corrected chi connectivity index (χ1v) is 7.12. The summed E-state index contributed by atoms with van der Waals surface area (Å²) in [7, 11) is 1.63. The summed E-state index contributed by atoms with van der Waals surface area (Å²) in [4.78, 5) is 10.7. The molecule has 0 bridgehead atoms. The van der Waals surface area contributed by atoms with E-state index >= 15 is 0 Å². The van der Waals surface area contributed by atoms with Crippen molar-refractivity contribution in [1.82, 2.24) is 0 Å². The van der Waals surface area contributed by atoms with Crippen LogP contribution in [0.1, 0.15) is 12.5 Å². The van der Waals surface area contributed by atoms with Crippen LogP contribution in [-0.2, 0) is 10.5 Å². The van der Waals surface area contributed by atoms with Crippen molar-refractivity contribution in [2.45, 2.75) is 12.7 Å². The van der Waals surface area contributed by atoms with Crippen molar-refractivity contribution >= 4 is 33.7 Å². The first-order valence-electron chi connectivity index (χ1n) is 5.17. The van der Waals surface area contributed by atoms with Crippen LogP contribution in [0.3, 0.4) is 0 Å². The number of carboxylic acids is 1. The second-order valence-electron chi connectivity index (χ2n) is 3.71. The van der Waals surface area contributed by atoms with Crippen LogP contribution in [-0.4, -0.2) is 23.9 Å². The minimum Gasteiger partial charge on any atom is -0.497 e. The van der Waals surface area contributed by atoms with Crippen molar-refractivity contribution < 1.29 is 14.6 Å². The standard InChI is InChI=1S/C12H15BrO3S/c1-8(12(14)15)6-17-7-9-5-10(16-2)3-4-11(9)13/h3-5,8H,6-7H2,1-2H3,(H,14,15). The van der Waals surface area contributed by atoms with Gasteiger partial charge in [0.1, 0.15) is 5.75 Å². The van der Waals surface area contributed by atoms with E-state index in [0.29, 0.717) is 5.75 Å². The molecule has 0 heterocycles. The van der Waals surface area contributed by atoms with Crippen molar-refractivity contribution in [2.75, 3.05) is 12.9 Å². The van der Waals surface area contributed by atoms with Crippen LogP contribution in [0.5, 0.6) is 5.75 Å². The van der Waals surface area contributed by atoms with Gasteiger partial charge in [0.2, 0.25) is 0 Å². The Morgan fingerprint density at radius 3 is 2.88 bits per heavy atom. The van der Waals surface area contributed by atoms with E-state index in [1.54, 1.807) is 25.8 Å². The van der Waals surface area contributed by atoms with E-state index in [4.69, 9.17) is 9.84 Å². The Morgan fingerprint density at radius 2 is 2.29 bits per heavy atom. The van der Waals surface area contributed by atoms with Gasteiger partial charge in [0.25, 0.3) is 0 Å². The number of carboxylic acid groups (broad SMARTS) is 1. The van der Waals surface area contributed by atoms with Gasteiger partial charge in [0.15, 0.2) is 0 Å². The minimum absolute atomic E-state index is 0.315. The summed E-state index contributed by atoms with van der Waals surface area (Å²) in [5.74, 6) is 1.13. The SMILES string of the molecule is COc1ccc(Br)c(CSCC(C)C(=O)O)c1. The third-order valence-electron chi connectivity index (χ3n) is 2.30. The van der Waals surface area contributed by atoms with Crippen molar-refractivity contribution in [3.63, 3.8) is 0 Å². The molecule has 1 unspecified atom stereocenters. The van der Waals surface area contributed by atoms with Gasteiger partial charge in [0.05, 0.1) is 13.0 Å². The average Bonchev–Trinajstić information content (AvgIpc) is 2.31. The number of rotatable bonds is 6. The molecule has 1 aromatic rings. The van der Waals surface area contributed by atoms with E-state index in [0.717, 1.165) is 21.5 Å². The number of ether oxygens (including phenoxy) is 1. The molecule has 0 saturated carbocycles. The molecule has 17 heavy (non-hydrogen) atoms. The van der Waals surface area contributed by atoms with Crippen LogP contribution in [0.15, 0.2) is 22.7 Å². The molecule has 0 aliphatic carbocycles. The Kier molecular flexibility index (Phi) is 5.85. The molecule has 0 fully saturated rings. The van der Waals surface area contributed by atoms with Crippen molar-refractivity contribution in [3.05, 3.63) is 28.2 Å². The Bertz CT molecular complexity index is 395. The summed E-state index contributed by atoms with van der Waals surface area (Å²) in [6.07, 6.45) is 0. The Balaban J connectivity index is 2.54. The van der Waals surface area contributed by atoms with E-state index in [-0.39, 0.29) is 5.92 Å². The second kappa shape index (κ2) is 6.91. The zero-order valence-corrected chi connectivity index (χ0v) is 12.2. The maximum Gasteiger partial charge on any atom is 0.307 e. The smallest absolute Gasteiger partial charge is 0.307 e. The highest BCUT2D eigenvalue weighted by Gasteiger charge is 2.11. The lowest BCUT2D eigenvalue weighted by atomic mass is 10.2. The number of halogens is 1. The number of benzene rings is 1. The number of methoxy groups -OCH3 is 1. The molecule has 0 aliphatic heterocycles. The third kappa shape index (κ3) is 4.60. The number of hydrogen-bond acceptors (Lipinski definition) is 3. The molecule has 3 nitrogen and oxygen atoms in total. The Morgan fingerprint density at radius 1 is 1.59 bits per heavy atom. The van der Waals surface area contributed by atoms with Gasteiger partial charge in [-0.3, -0.25) is 4.79 Å². The normalized spacial score (nSPS) is 12.2. The molecule has 0 amide bonds. The zero-order valence-electron chi connectivity index (χ0n) is 9.77. The number of thioether (sulfide) groups is 1. The van der Waals surface area contributed by atoms with Crippen LogP contribution in [0.25, 0.3) is 0 Å². The minimum atomic E-state index is -0.748. The third-order valence-corrected chi connectivity index (χ3v) is 4.32. The van der Waals surface area contributed by atoms with Crippen LogP contribution < -0.4 is 4.74 Å². The predicted octanol–water partition coefficient (Wildman–Crippen LogP) is 3.41. The van der Waals surface area contributed by atoms with Gasteiger partial charge in [-0.05, 0) is 23.8 Å². The van der Waals surface area contributed by atoms with Crippen molar-refractivity contribution in [1.29, 1.82) is 0 Å². The fourth-order valence-corrected chi connectivity index (χ4v) is 2.85. The van der Waals surface area contributed by atoms with Gasteiger partial charge in [-0.2, -0.15) is 11.8 Å². The Labute approximate surface area is 114 Å². The summed E-state index contributed by atoms with van der Waals surface area (Å²) in [6, 6.07) is 5.79. The molecule has 0 spiro atoms. The van der Waals surface area contributed by atoms with E-state index in [9.17, 15) is 4.79 Å². The molecule has 1 rings (SSSR count). The second-order valence-corrected chi connectivity index (χ2v) is 5.60. The number of hydrogen-bond donors (Lipinski definition) is 1. The van der Waals surface area contributed by atoms with Gasteiger partial charge in [-0.15, -0.1) is 0 Å². The van der Waals surface area contributed by atoms with Crippen LogP contribution in [0.2, 0.25) is 0 Å².